The number of carbonyl (C=O) groups is 2. The summed E-state index contributed by atoms with van der Waals surface area (Å²) in [5.41, 5.74) is 11.0. The highest BCUT2D eigenvalue weighted by molar-refractivity contribution is 6.05. The minimum absolute atomic E-state index is 0.209. The molecule has 4 saturated heterocycles. The van der Waals surface area contributed by atoms with E-state index < -0.39 is 0 Å². The second-order valence-corrected chi connectivity index (χ2v) is 15.8. The molecule has 4 fully saturated rings. The lowest BCUT2D eigenvalue weighted by Crippen LogP contribution is -2.49. The molecular formula is C43H50N10O3. The maximum atomic E-state index is 12.2. The first kappa shape index (κ1) is 36.1. The number of nitrogens with two attached hydrogens (primary N) is 1. The van der Waals surface area contributed by atoms with E-state index in [2.05, 4.69) is 46.8 Å². The number of amides is 3. The number of nitrogens with zero attached hydrogens (tertiary/aromatic N) is 8. The molecule has 4 aliphatic heterocycles. The minimum Gasteiger partial charge on any atom is -0.457 e. The second-order valence-electron chi connectivity index (χ2n) is 15.8. The van der Waals surface area contributed by atoms with Crippen LogP contribution in [0.2, 0.25) is 0 Å². The predicted molar refractivity (Wildman–Crippen MR) is 218 cm³/mol. The highest BCUT2D eigenvalue weighted by Crippen LogP contribution is 2.36. The van der Waals surface area contributed by atoms with Crippen molar-refractivity contribution in [1.82, 2.24) is 34.9 Å². The van der Waals surface area contributed by atoms with Gasteiger partial charge >= 0.3 is 6.03 Å². The zero-order chi connectivity index (χ0) is 38.0. The molecule has 2 aromatic heterocycles. The molecule has 3 amide bonds. The number of ether oxygens (including phenoxy) is 1. The van der Waals surface area contributed by atoms with Gasteiger partial charge in [0.2, 0.25) is 5.91 Å². The molecule has 3 aromatic carbocycles. The van der Waals surface area contributed by atoms with Crippen LogP contribution in [0.25, 0.3) is 22.3 Å². The van der Waals surface area contributed by atoms with Gasteiger partial charge in [0.25, 0.3) is 0 Å². The Hall–Kier alpha value is -5.53. The van der Waals surface area contributed by atoms with E-state index in [1.165, 1.54) is 44.6 Å². The maximum Gasteiger partial charge on any atom is 0.328 e. The fourth-order valence-corrected chi connectivity index (χ4v) is 9.09. The van der Waals surface area contributed by atoms with Crippen LogP contribution in [0.3, 0.4) is 0 Å². The zero-order valence-corrected chi connectivity index (χ0v) is 31.8. The van der Waals surface area contributed by atoms with Crippen LogP contribution in [-0.2, 0) is 4.79 Å². The number of hydrogen-bond donors (Lipinski definition) is 2. The molecule has 0 spiro atoms. The average Bonchev–Trinajstić information content (AvgIpc) is 3.84. The summed E-state index contributed by atoms with van der Waals surface area (Å²) < 4.78 is 8.12. The zero-order valence-electron chi connectivity index (χ0n) is 31.8. The molecule has 13 nitrogen and oxygen atoms in total. The Bertz CT molecular complexity index is 2140. The van der Waals surface area contributed by atoms with Gasteiger partial charge in [0, 0.05) is 75.7 Å². The van der Waals surface area contributed by atoms with Gasteiger partial charge in [0.15, 0.2) is 5.65 Å². The summed E-state index contributed by atoms with van der Waals surface area (Å²) in [6.45, 7) is 9.36. The highest BCUT2D eigenvalue weighted by Gasteiger charge is 2.31. The van der Waals surface area contributed by atoms with E-state index in [1.54, 1.807) is 11.2 Å². The van der Waals surface area contributed by atoms with Gasteiger partial charge in [0.05, 0.1) is 11.4 Å². The van der Waals surface area contributed by atoms with Gasteiger partial charge in [0.1, 0.15) is 29.3 Å². The Morgan fingerprint density at radius 2 is 1.39 bits per heavy atom. The number of nitrogens with one attached hydrogen (secondary N) is 1. The number of piperidine rings is 2. The molecule has 56 heavy (non-hydrogen) atoms. The normalized spacial score (nSPS) is 20.5. The summed E-state index contributed by atoms with van der Waals surface area (Å²) in [5.74, 6) is 3.24. The lowest BCUT2D eigenvalue weighted by Gasteiger charge is -2.36. The van der Waals surface area contributed by atoms with Crippen LogP contribution < -0.4 is 25.6 Å². The first-order valence-corrected chi connectivity index (χ1v) is 20.2. The Morgan fingerprint density at radius 1 is 0.714 bits per heavy atom. The van der Waals surface area contributed by atoms with Crippen molar-refractivity contribution in [2.24, 2.45) is 11.8 Å². The third-order valence-corrected chi connectivity index (χ3v) is 12.1. The number of carbonyl (C=O) groups excluding carboxylic acids is 2. The number of urea groups is 1. The van der Waals surface area contributed by atoms with E-state index >= 15 is 0 Å². The molecule has 6 heterocycles. The summed E-state index contributed by atoms with van der Waals surface area (Å²) in [5, 5.41) is 8.35. The van der Waals surface area contributed by atoms with E-state index in [-0.39, 0.29) is 18.0 Å². The first-order chi connectivity index (χ1) is 27.4. The maximum absolute atomic E-state index is 12.2. The molecule has 290 valence electrons. The fraction of sp³-hybridized carbons (Fsp3) is 0.419. The van der Waals surface area contributed by atoms with E-state index in [1.807, 2.05) is 66.7 Å². The number of imide groups is 1. The summed E-state index contributed by atoms with van der Waals surface area (Å²) in [6.07, 6.45) is 7.59. The number of anilines is 3. The molecule has 5 aromatic rings. The van der Waals surface area contributed by atoms with Crippen molar-refractivity contribution in [2.45, 2.75) is 44.6 Å². The van der Waals surface area contributed by atoms with Crippen LogP contribution in [0.15, 0.2) is 85.2 Å². The quantitative estimate of drug-likeness (QED) is 0.170. The number of hydrogen-bond acceptors (Lipinski definition) is 10. The highest BCUT2D eigenvalue weighted by atomic mass is 16.5. The van der Waals surface area contributed by atoms with Gasteiger partial charge in [-0.05, 0) is 111 Å². The molecule has 1 unspecified atom stereocenters. The van der Waals surface area contributed by atoms with Crippen molar-refractivity contribution in [2.75, 3.05) is 74.4 Å². The molecule has 13 heteroatoms. The van der Waals surface area contributed by atoms with Crippen LogP contribution >= 0.6 is 0 Å². The van der Waals surface area contributed by atoms with E-state index in [4.69, 9.17) is 15.6 Å². The predicted octanol–water partition coefficient (Wildman–Crippen LogP) is 6.19. The number of benzene rings is 3. The summed E-state index contributed by atoms with van der Waals surface area (Å²) in [4.78, 5) is 42.2. The summed E-state index contributed by atoms with van der Waals surface area (Å²) in [6, 6.07) is 25.9. The second kappa shape index (κ2) is 15.9. The van der Waals surface area contributed by atoms with E-state index in [0.29, 0.717) is 24.7 Å². The molecule has 0 bridgehead atoms. The number of likely N-dealkylation sites (tertiary alicyclic amines) is 2. The van der Waals surface area contributed by atoms with E-state index in [9.17, 15) is 9.59 Å². The fourth-order valence-electron chi connectivity index (χ4n) is 9.09. The largest absolute Gasteiger partial charge is 0.457 e. The minimum atomic E-state index is -0.339. The molecular weight excluding hydrogens is 705 g/mol. The number of fused-ring (bicyclic) bond motifs is 1. The van der Waals surface area contributed by atoms with Crippen LogP contribution in [0.5, 0.6) is 11.5 Å². The summed E-state index contributed by atoms with van der Waals surface area (Å²) >= 11 is 0. The Labute approximate surface area is 327 Å². The van der Waals surface area contributed by atoms with Crippen LogP contribution in [0.1, 0.15) is 44.6 Å². The average molecular weight is 755 g/mol. The van der Waals surface area contributed by atoms with Gasteiger partial charge in [-0.3, -0.25) is 15.0 Å². The Balaban J connectivity index is 0.746. The molecule has 0 aliphatic carbocycles. The van der Waals surface area contributed by atoms with Crippen molar-refractivity contribution in [3.63, 3.8) is 0 Å². The Kier molecular flexibility index (Phi) is 10.3. The molecule has 4 aliphatic rings. The van der Waals surface area contributed by atoms with Gasteiger partial charge in [-0.2, -0.15) is 5.10 Å². The topological polar surface area (TPSA) is 138 Å². The van der Waals surface area contributed by atoms with Gasteiger partial charge < -0.3 is 25.2 Å². The molecule has 0 saturated carbocycles. The van der Waals surface area contributed by atoms with Crippen molar-refractivity contribution < 1.29 is 14.3 Å². The molecule has 1 atom stereocenters. The van der Waals surface area contributed by atoms with Gasteiger partial charge in [-0.15, -0.1) is 0 Å². The standard InChI is InChI=1S/C43H50N10O3/c44-41-39-40(32-6-12-37(13-7-32)56-36-4-2-1-3-5-36)48-53(42(39)46-29-45-41)35-17-21-49(22-18-35)27-31-14-20-50(28-31)26-30-15-23-51(24-16-30)33-8-10-34(11-9-33)52-25-19-38(54)47-43(52)55/h1-13,29-31,35H,14-28H2,(H2,44,45,46)(H,47,54,55). The van der Waals surface area contributed by atoms with Crippen molar-refractivity contribution >= 4 is 40.2 Å². The third-order valence-electron chi connectivity index (χ3n) is 12.1. The SMILES string of the molecule is Nc1ncnc2c1c(-c1ccc(Oc3ccccc3)cc1)nn2C1CCN(CC2CCN(CC3CCN(c4ccc(N5CCC(=O)NC5=O)cc4)CC3)C2)CC1. The third kappa shape index (κ3) is 7.78. The van der Waals surface area contributed by atoms with Crippen LogP contribution in [0.4, 0.5) is 22.0 Å². The number of aromatic nitrogens is 4. The first-order valence-electron chi connectivity index (χ1n) is 20.2. The number of rotatable bonds is 10. The lowest BCUT2D eigenvalue weighted by molar-refractivity contribution is -0.120. The summed E-state index contributed by atoms with van der Waals surface area (Å²) in [7, 11) is 0. The van der Waals surface area contributed by atoms with Crippen LogP contribution in [-0.4, -0.2) is 100 Å². The number of para-hydroxylation sites is 1. The van der Waals surface area contributed by atoms with Crippen molar-refractivity contribution in [3.8, 4) is 22.8 Å². The van der Waals surface area contributed by atoms with Crippen LogP contribution in [0, 0.1) is 11.8 Å². The number of nitrogen functional groups attached to an aromatic ring is 1. The van der Waals surface area contributed by atoms with Gasteiger partial charge in [-0.1, -0.05) is 18.2 Å². The van der Waals surface area contributed by atoms with Crippen molar-refractivity contribution in [3.05, 3.63) is 85.2 Å². The molecule has 0 radical (unpaired) electrons. The molecule has 3 N–H and O–H groups in total. The van der Waals surface area contributed by atoms with Crippen molar-refractivity contribution in [1.29, 1.82) is 0 Å². The smallest absolute Gasteiger partial charge is 0.328 e. The Morgan fingerprint density at radius 3 is 2.14 bits per heavy atom. The monoisotopic (exact) mass is 754 g/mol. The molecule has 9 rings (SSSR count). The van der Waals surface area contributed by atoms with Gasteiger partial charge in [-0.25, -0.2) is 19.4 Å². The lowest BCUT2D eigenvalue weighted by atomic mass is 9.95. The van der Waals surface area contributed by atoms with E-state index in [0.717, 1.165) is 91.0 Å².